The van der Waals surface area contributed by atoms with Gasteiger partial charge in [0.05, 0.1) is 13.2 Å². The molecule has 0 radical (unpaired) electrons. The van der Waals surface area contributed by atoms with Crippen LogP contribution in [0.2, 0.25) is 0 Å². The third kappa shape index (κ3) is 46.3. The lowest BCUT2D eigenvalue weighted by Gasteiger charge is -2.20. The number of nitrogens with one attached hydrogen (secondary N) is 1. The van der Waals surface area contributed by atoms with Crippen LogP contribution in [0.1, 0.15) is 265 Å². The Balaban J connectivity index is 4.42. The van der Waals surface area contributed by atoms with E-state index in [4.69, 9.17) is 18.5 Å². The Morgan fingerprint density at radius 1 is 0.441 bits per heavy atom. The zero-order chi connectivity index (χ0) is 43.2. The van der Waals surface area contributed by atoms with Gasteiger partial charge in [0.2, 0.25) is 0 Å². The largest absolute Gasteiger partial charge is 0.472 e. The molecule has 0 saturated carbocycles. The Morgan fingerprint density at radius 3 is 1.17 bits per heavy atom. The molecule has 0 saturated heterocycles. The normalized spacial score (nSPS) is 13.1. The van der Waals surface area contributed by atoms with E-state index in [0.717, 1.165) is 51.5 Å². The average Bonchev–Trinajstić information content (AvgIpc) is 3.22. The van der Waals surface area contributed by atoms with Crippen LogP contribution in [-0.4, -0.2) is 55.8 Å². The first kappa shape index (κ1) is 58.0. The molecule has 0 heterocycles. The van der Waals surface area contributed by atoms with Gasteiger partial charge in [-0.2, -0.15) is 0 Å². The predicted octanol–water partition coefficient (Wildman–Crippen LogP) is 15.0. The van der Waals surface area contributed by atoms with Crippen molar-refractivity contribution in [1.82, 2.24) is 5.32 Å². The first-order valence-corrected chi connectivity index (χ1v) is 27.0. The molecule has 0 amide bonds. The van der Waals surface area contributed by atoms with Crippen LogP contribution in [0, 0.1) is 0 Å². The van der Waals surface area contributed by atoms with E-state index in [9.17, 15) is 19.0 Å². The summed E-state index contributed by atoms with van der Waals surface area (Å²) in [5.41, 5.74) is 0. The van der Waals surface area contributed by atoms with Crippen LogP contribution < -0.4 is 5.32 Å². The molecule has 0 rings (SSSR count). The van der Waals surface area contributed by atoms with Crippen LogP contribution >= 0.6 is 7.82 Å². The van der Waals surface area contributed by atoms with Gasteiger partial charge in [0.15, 0.2) is 6.10 Å². The summed E-state index contributed by atoms with van der Waals surface area (Å²) in [4.78, 5) is 35.7. The Bertz CT molecular complexity index is 938. The molecule has 2 atom stereocenters. The Labute approximate surface area is 365 Å². The van der Waals surface area contributed by atoms with Gasteiger partial charge < -0.3 is 19.7 Å². The molecule has 9 nitrogen and oxygen atoms in total. The van der Waals surface area contributed by atoms with Crippen LogP contribution in [0.5, 0.6) is 0 Å². The molecule has 352 valence electrons. The van der Waals surface area contributed by atoms with E-state index in [-0.39, 0.29) is 25.6 Å². The van der Waals surface area contributed by atoms with Crippen molar-refractivity contribution in [3.63, 3.8) is 0 Å². The summed E-state index contributed by atoms with van der Waals surface area (Å²) in [7, 11) is -4.39. The first-order chi connectivity index (χ1) is 28.8. The van der Waals surface area contributed by atoms with Crippen molar-refractivity contribution in [1.29, 1.82) is 0 Å². The number of hydrogen-bond donors (Lipinski definition) is 2. The third-order valence-corrected chi connectivity index (χ3v) is 12.3. The van der Waals surface area contributed by atoms with Crippen LogP contribution in [0.15, 0.2) is 0 Å². The van der Waals surface area contributed by atoms with Crippen LogP contribution in [0.4, 0.5) is 0 Å². The van der Waals surface area contributed by atoms with Crippen LogP contribution in [0.3, 0.4) is 0 Å². The molecule has 2 N–H and O–H groups in total. The molecule has 0 aliphatic heterocycles. The Kier molecular flexibility index (Phi) is 45.7. The minimum absolute atomic E-state index is 0.0170. The number of carbonyl (C=O) groups is 2. The van der Waals surface area contributed by atoms with Gasteiger partial charge >= 0.3 is 19.8 Å². The second kappa shape index (κ2) is 46.5. The SMILES string of the molecule is CCCCCCCCCCCCCCCC(=O)OC[C@H](COP(=O)(O)OCCNCCCCCCCCCCCC)OC(=O)CCCCCCCCCCCCCCC. The van der Waals surface area contributed by atoms with Gasteiger partial charge in [0.1, 0.15) is 6.61 Å². The molecule has 0 aromatic rings. The molecule has 0 aromatic heterocycles. The van der Waals surface area contributed by atoms with E-state index in [2.05, 4.69) is 26.1 Å². The lowest BCUT2D eigenvalue weighted by atomic mass is 10.0. The standard InChI is InChI=1S/C49H98NO8P/c1-4-7-10-13-16-19-22-24-26-28-31-34-37-40-48(51)55-45-47(58-49(52)41-38-35-32-29-27-25-23-20-17-14-11-8-5-2)46-57-59(53,54)56-44-43-50-42-39-36-33-30-21-18-15-12-9-6-3/h47,50H,4-46H2,1-3H3,(H,53,54)/t47-/m1/s1. The summed E-state index contributed by atoms with van der Waals surface area (Å²) >= 11 is 0. The number of phosphoric ester groups is 1. The summed E-state index contributed by atoms with van der Waals surface area (Å²) in [6, 6.07) is 0. The number of phosphoric acid groups is 1. The quantitative estimate of drug-likeness (QED) is 0.0350. The van der Waals surface area contributed by atoms with Gasteiger partial charge in [0.25, 0.3) is 0 Å². The monoisotopic (exact) mass is 860 g/mol. The molecule has 0 aromatic carbocycles. The fourth-order valence-electron chi connectivity index (χ4n) is 7.50. The van der Waals surface area contributed by atoms with Crippen molar-refractivity contribution in [3.05, 3.63) is 0 Å². The molecule has 1 unspecified atom stereocenters. The second-order valence-corrected chi connectivity index (χ2v) is 18.8. The lowest BCUT2D eigenvalue weighted by molar-refractivity contribution is -0.161. The van der Waals surface area contributed by atoms with Crippen molar-refractivity contribution >= 4 is 19.8 Å². The third-order valence-electron chi connectivity index (χ3n) is 11.4. The van der Waals surface area contributed by atoms with Crippen molar-refractivity contribution in [2.45, 2.75) is 271 Å². The first-order valence-electron chi connectivity index (χ1n) is 25.5. The highest BCUT2D eigenvalue weighted by Gasteiger charge is 2.26. The maximum absolute atomic E-state index is 12.8. The highest BCUT2D eigenvalue weighted by molar-refractivity contribution is 7.47. The number of rotatable bonds is 49. The minimum atomic E-state index is -4.39. The average molecular weight is 860 g/mol. The van der Waals surface area contributed by atoms with Gasteiger partial charge in [-0.05, 0) is 25.8 Å². The molecule has 0 fully saturated rings. The van der Waals surface area contributed by atoms with E-state index in [0.29, 0.717) is 13.0 Å². The number of ether oxygens (including phenoxy) is 2. The van der Waals surface area contributed by atoms with Gasteiger partial charge in [-0.25, -0.2) is 4.57 Å². The van der Waals surface area contributed by atoms with E-state index < -0.39 is 26.5 Å². The van der Waals surface area contributed by atoms with Crippen molar-refractivity contribution in [3.8, 4) is 0 Å². The number of hydrogen-bond acceptors (Lipinski definition) is 8. The van der Waals surface area contributed by atoms with Gasteiger partial charge in [0, 0.05) is 19.4 Å². The van der Waals surface area contributed by atoms with E-state index in [1.54, 1.807) is 0 Å². The summed E-state index contributed by atoms with van der Waals surface area (Å²) in [6.07, 6.45) is 44.2. The lowest BCUT2D eigenvalue weighted by Crippen LogP contribution is -2.29. The number of unbranched alkanes of at least 4 members (excludes halogenated alkanes) is 33. The smallest absolute Gasteiger partial charge is 0.462 e. The van der Waals surface area contributed by atoms with Gasteiger partial charge in [-0.1, -0.05) is 233 Å². The van der Waals surface area contributed by atoms with E-state index in [1.807, 2.05) is 0 Å². The summed E-state index contributed by atoms with van der Waals surface area (Å²) in [5.74, 6) is -0.776. The molecule has 0 bridgehead atoms. The second-order valence-electron chi connectivity index (χ2n) is 17.3. The highest BCUT2D eigenvalue weighted by atomic mass is 31.2. The Morgan fingerprint density at radius 2 is 0.780 bits per heavy atom. The van der Waals surface area contributed by atoms with Crippen LogP contribution in [0.25, 0.3) is 0 Å². The molecule has 10 heteroatoms. The molecule has 0 aliphatic carbocycles. The zero-order valence-corrected chi connectivity index (χ0v) is 40.1. The summed E-state index contributed by atoms with van der Waals surface area (Å²) in [6.45, 7) is 7.42. The molecular weight excluding hydrogens is 762 g/mol. The maximum Gasteiger partial charge on any atom is 0.472 e. The predicted molar refractivity (Wildman–Crippen MR) is 248 cm³/mol. The molecular formula is C49H98NO8P. The van der Waals surface area contributed by atoms with Crippen molar-refractivity contribution in [2.24, 2.45) is 0 Å². The zero-order valence-electron chi connectivity index (χ0n) is 39.2. The minimum Gasteiger partial charge on any atom is -0.462 e. The summed E-state index contributed by atoms with van der Waals surface area (Å²) in [5, 5.41) is 3.26. The summed E-state index contributed by atoms with van der Waals surface area (Å²) < 4.78 is 34.1. The number of esters is 2. The molecule has 59 heavy (non-hydrogen) atoms. The van der Waals surface area contributed by atoms with E-state index in [1.165, 1.54) is 186 Å². The maximum atomic E-state index is 12.8. The Hall–Kier alpha value is -0.990. The molecule has 0 aliphatic rings. The fraction of sp³-hybridized carbons (Fsp3) is 0.959. The fourth-order valence-corrected chi connectivity index (χ4v) is 8.25. The van der Waals surface area contributed by atoms with E-state index >= 15 is 0 Å². The van der Waals surface area contributed by atoms with Gasteiger partial charge in [-0.15, -0.1) is 0 Å². The van der Waals surface area contributed by atoms with Gasteiger partial charge in [-0.3, -0.25) is 18.6 Å². The number of carbonyl (C=O) groups excluding carboxylic acids is 2. The van der Waals surface area contributed by atoms with Crippen molar-refractivity contribution in [2.75, 3.05) is 32.9 Å². The highest BCUT2D eigenvalue weighted by Crippen LogP contribution is 2.43. The van der Waals surface area contributed by atoms with Crippen molar-refractivity contribution < 1.29 is 37.6 Å². The molecule has 0 spiro atoms. The topological polar surface area (TPSA) is 120 Å². The van der Waals surface area contributed by atoms with Crippen LogP contribution in [-0.2, 0) is 32.7 Å².